The number of piperazine rings is 1. The zero-order valence-corrected chi connectivity index (χ0v) is 18.3. The first kappa shape index (κ1) is 24.0. The molecule has 0 N–H and O–H groups in total. The van der Waals surface area contributed by atoms with Crippen LogP contribution in [-0.4, -0.2) is 54.7 Å². The molecule has 1 aliphatic rings. The summed E-state index contributed by atoms with van der Waals surface area (Å²) in [6.07, 6.45) is -4.54. The molecule has 32 heavy (non-hydrogen) atoms. The van der Waals surface area contributed by atoms with E-state index in [1.165, 1.54) is 9.21 Å². The molecule has 1 aromatic heterocycles. The van der Waals surface area contributed by atoms with Gasteiger partial charge in [0, 0.05) is 31.6 Å². The van der Waals surface area contributed by atoms with Crippen LogP contribution in [0.5, 0.6) is 0 Å². The number of amides is 1. The molecule has 0 aliphatic carbocycles. The number of nitrogens with zero attached hydrogens (tertiary/aromatic N) is 3. The summed E-state index contributed by atoms with van der Waals surface area (Å²) in [4.78, 5) is 18.5. The van der Waals surface area contributed by atoms with Gasteiger partial charge in [-0.3, -0.25) is 4.79 Å². The lowest BCUT2D eigenvalue weighted by Crippen LogP contribution is -2.50. The minimum atomic E-state index is -4.54. The zero-order chi connectivity index (χ0) is 22.2. The molecule has 3 aromatic rings. The lowest BCUT2D eigenvalue weighted by Gasteiger charge is -2.33. The van der Waals surface area contributed by atoms with Crippen molar-refractivity contribution in [3.8, 4) is 0 Å². The first-order chi connectivity index (χ1) is 14.7. The molecule has 0 saturated carbocycles. The minimum absolute atomic E-state index is 0. The number of pyridine rings is 1. The Hall–Kier alpha value is -2.69. The lowest BCUT2D eigenvalue weighted by molar-refractivity contribution is -0.137. The second-order valence-electron chi connectivity index (χ2n) is 7.11. The zero-order valence-electron chi connectivity index (χ0n) is 16.6. The fraction of sp³-hybridized carbons (Fsp3) is 0.238. The fourth-order valence-corrected chi connectivity index (χ4v) is 4.87. The number of rotatable bonds is 3. The maximum absolute atomic E-state index is 12.8. The number of carbonyl (C=O) groups is 1. The van der Waals surface area contributed by atoms with Gasteiger partial charge < -0.3 is 4.90 Å². The van der Waals surface area contributed by atoms with E-state index in [1.807, 2.05) is 18.2 Å². The number of aromatic nitrogens is 1. The largest absolute Gasteiger partial charge is 0.416 e. The topological polar surface area (TPSA) is 70.6 Å². The molecular weight excluding hydrogens is 467 g/mol. The number of fused-ring (bicyclic) bond motifs is 1. The molecule has 6 nitrogen and oxygen atoms in total. The van der Waals surface area contributed by atoms with Gasteiger partial charge in [0.25, 0.3) is 5.91 Å². The Morgan fingerprint density at radius 2 is 1.50 bits per heavy atom. The van der Waals surface area contributed by atoms with E-state index in [1.54, 1.807) is 18.2 Å². The van der Waals surface area contributed by atoms with E-state index in [4.69, 9.17) is 0 Å². The number of halogens is 4. The van der Waals surface area contributed by atoms with E-state index in [0.29, 0.717) is 5.52 Å². The molecule has 4 rings (SSSR count). The summed E-state index contributed by atoms with van der Waals surface area (Å²) >= 11 is 0. The van der Waals surface area contributed by atoms with Crippen molar-refractivity contribution in [2.75, 3.05) is 26.2 Å². The Balaban J connectivity index is 0.00000289. The minimum Gasteiger partial charge on any atom is -0.335 e. The standard InChI is InChI=1S/C21H18F3N3O3S.ClH/c22-21(23,24)16-6-8-17(9-7-16)31(29,30)27-13-11-26(12-14-27)20(28)19-10-5-15-3-1-2-4-18(15)25-19;/h1-10H,11-14H2;1H. The van der Waals surface area contributed by atoms with Crippen LogP contribution in [0.4, 0.5) is 13.2 Å². The van der Waals surface area contributed by atoms with E-state index < -0.39 is 21.8 Å². The summed E-state index contributed by atoms with van der Waals surface area (Å²) in [5.74, 6) is -0.294. The lowest BCUT2D eigenvalue weighted by atomic mass is 10.2. The van der Waals surface area contributed by atoms with Crippen LogP contribution in [0.25, 0.3) is 10.9 Å². The van der Waals surface area contributed by atoms with Crippen LogP contribution in [-0.2, 0) is 16.2 Å². The van der Waals surface area contributed by atoms with Gasteiger partial charge in [-0.25, -0.2) is 13.4 Å². The first-order valence-corrected chi connectivity index (χ1v) is 10.9. The van der Waals surface area contributed by atoms with Gasteiger partial charge in [0.15, 0.2) is 0 Å². The highest BCUT2D eigenvalue weighted by Crippen LogP contribution is 2.30. The van der Waals surface area contributed by atoms with Gasteiger partial charge >= 0.3 is 6.18 Å². The molecule has 0 spiro atoms. The molecule has 0 atom stereocenters. The second-order valence-corrected chi connectivity index (χ2v) is 9.05. The van der Waals surface area contributed by atoms with Crippen molar-refractivity contribution < 1.29 is 26.4 Å². The van der Waals surface area contributed by atoms with Crippen molar-refractivity contribution in [1.29, 1.82) is 0 Å². The van der Waals surface area contributed by atoms with Crippen molar-refractivity contribution in [3.63, 3.8) is 0 Å². The Bertz CT molecular complexity index is 1230. The van der Waals surface area contributed by atoms with Crippen molar-refractivity contribution >= 4 is 39.2 Å². The monoisotopic (exact) mass is 485 g/mol. The third kappa shape index (κ3) is 4.72. The molecule has 2 heterocycles. The highest BCUT2D eigenvalue weighted by molar-refractivity contribution is 7.89. The Morgan fingerprint density at radius 1 is 0.875 bits per heavy atom. The summed E-state index contributed by atoms with van der Waals surface area (Å²) in [6, 6.07) is 14.2. The van der Waals surface area contributed by atoms with Gasteiger partial charge in [-0.1, -0.05) is 24.3 Å². The van der Waals surface area contributed by atoms with Crippen LogP contribution in [0.3, 0.4) is 0 Å². The highest BCUT2D eigenvalue weighted by Gasteiger charge is 2.33. The number of benzene rings is 2. The Labute approximate surface area is 189 Å². The third-order valence-electron chi connectivity index (χ3n) is 5.16. The summed E-state index contributed by atoms with van der Waals surface area (Å²) in [6.45, 7) is 0.408. The first-order valence-electron chi connectivity index (χ1n) is 9.49. The summed E-state index contributed by atoms with van der Waals surface area (Å²) < 4.78 is 64.9. The molecular formula is C21H19ClF3N3O3S. The number of alkyl halides is 3. The molecule has 170 valence electrons. The van der Waals surface area contributed by atoms with Gasteiger partial charge in [-0.2, -0.15) is 17.5 Å². The normalized spacial score (nSPS) is 15.4. The van der Waals surface area contributed by atoms with Crippen LogP contribution in [0, 0.1) is 0 Å². The highest BCUT2D eigenvalue weighted by atomic mass is 35.5. The van der Waals surface area contributed by atoms with Gasteiger partial charge in [0.05, 0.1) is 16.0 Å². The average Bonchev–Trinajstić information content (AvgIpc) is 2.78. The van der Waals surface area contributed by atoms with E-state index in [-0.39, 0.29) is 55.1 Å². The number of carbonyl (C=O) groups excluding carboxylic acids is 1. The molecule has 0 radical (unpaired) electrons. The SMILES string of the molecule is Cl.O=C(c1ccc2ccccc2n1)N1CCN(S(=O)(=O)c2ccc(C(F)(F)F)cc2)CC1. The summed E-state index contributed by atoms with van der Waals surface area (Å²) in [5, 5.41) is 0.909. The fourth-order valence-electron chi connectivity index (χ4n) is 3.44. The molecule has 2 aromatic carbocycles. The molecule has 1 saturated heterocycles. The van der Waals surface area contributed by atoms with Crippen LogP contribution in [0.1, 0.15) is 16.1 Å². The van der Waals surface area contributed by atoms with Gasteiger partial charge in [0.2, 0.25) is 10.0 Å². The molecule has 0 unspecified atom stereocenters. The average molecular weight is 486 g/mol. The second kappa shape index (κ2) is 9.05. The molecule has 0 bridgehead atoms. The maximum atomic E-state index is 12.8. The van der Waals surface area contributed by atoms with Crippen LogP contribution < -0.4 is 0 Å². The van der Waals surface area contributed by atoms with E-state index in [9.17, 15) is 26.4 Å². The van der Waals surface area contributed by atoms with E-state index in [0.717, 1.165) is 29.7 Å². The van der Waals surface area contributed by atoms with E-state index >= 15 is 0 Å². The predicted molar refractivity (Wildman–Crippen MR) is 115 cm³/mol. The van der Waals surface area contributed by atoms with Crippen LogP contribution in [0.15, 0.2) is 65.6 Å². The van der Waals surface area contributed by atoms with Gasteiger partial charge in [0.1, 0.15) is 5.69 Å². The van der Waals surface area contributed by atoms with Gasteiger partial charge in [-0.15, -0.1) is 12.4 Å². The van der Waals surface area contributed by atoms with Crippen molar-refractivity contribution in [1.82, 2.24) is 14.2 Å². The quantitative estimate of drug-likeness (QED) is 0.565. The van der Waals surface area contributed by atoms with Gasteiger partial charge in [-0.05, 0) is 36.4 Å². The number of hydrogen-bond acceptors (Lipinski definition) is 4. The van der Waals surface area contributed by atoms with Crippen LogP contribution >= 0.6 is 12.4 Å². The van der Waals surface area contributed by atoms with Crippen molar-refractivity contribution in [2.45, 2.75) is 11.1 Å². The molecule has 1 fully saturated rings. The van der Waals surface area contributed by atoms with Crippen LogP contribution in [0.2, 0.25) is 0 Å². The molecule has 1 aliphatic heterocycles. The number of sulfonamides is 1. The smallest absolute Gasteiger partial charge is 0.335 e. The number of hydrogen-bond donors (Lipinski definition) is 0. The Morgan fingerprint density at radius 3 is 2.12 bits per heavy atom. The molecule has 11 heteroatoms. The van der Waals surface area contributed by atoms with Crippen molar-refractivity contribution in [3.05, 3.63) is 71.9 Å². The maximum Gasteiger partial charge on any atom is 0.416 e. The van der Waals surface area contributed by atoms with E-state index in [2.05, 4.69) is 4.98 Å². The molecule has 1 amide bonds. The van der Waals surface area contributed by atoms with Crippen molar-refractivity contribution in [2.24, 2.45) is 0 Å². The summed E-state index contributed by atoms with van der Waals surface area (Å²) in [7, 11) is -3.95. The Kier molecular flexibility index (Phi) is 6.77. The number of para-hydroxylation sites is 1. The summed E-state index contributed by atoms with van der Waals surface area (Å²) in [5.41, 5.74) is 0.0550. The predicted octanol–water partition coefficient (Wildman–Crippen LogP) is 3.82. The third-order valence-corrected chi connectivity index (χ3v) is 7.08.